The van der Waals surface area contributed by atoms with E-state index in [1.54, 1.807) is 0 Å². The molecule has 7 heteroatoms. The van der Waals surface area contributed by atoms with Gasteiger partial charge in [0, 0.05) is 30.6 Å². The summed E-state index contributed by atoms with van der Waals surface area (Å²) >= 11 is 0. The highest BCUT2D eigenvalue weighted by atomic mass is 16.4. The van der Waals surface area contributed by atoms with Gasteiger partial charge in [-0.3, -0.25) is 9.59 Å². The molecule has 0 saturated heterocycles. The van der Waals surface area contributed by atoms with Crippen molar-refractivity contribution < 1.29 is 14.7 Å². The van der Waals surface area contributed by atoms with E-state index in [4.69, 9.17) is 0 Å². The fourth-order valence-electron chi connectivity index (χ4n) is 3.97. The van der Waals surface area contributed by atoms with Crippen molar-refractivity contribution in [3.05, 3.63) is 29.6 Å². The third-order valence-corrected chi connectivity index (χ3v) is 6.19. The van der Waals surface area contributed by atoms with Crippen molar-refractivity contribution in [3.63, 3.8) is 0 Å². The molecule has 2 N–H and O–H groups in total. The summed E-state index contributed by atoms with van der Waals surface area (Å²) in [5.41, 5.74) is 1.48. The molecule has 0 aliphatic carbocycles. The molecule has 1 aromatic heterocycles. The minimum Gasteiger partial charge on any atom is -0.481 e. The highest BCUT2D eigenvalue weighted by Crippen LogP contribution is 2.32. The molecule has 1 aromatic carbocycles. The first-order valence-corrected chi connectivity index (χ1v) is 10.5. The normalized spacial score (nSPS) is 14.2. The van der Waals surface area contributed by atoms with Crippen LogP contribution < -0.4 is 5.32 Å². The Hall–Kier alpha value is -2.70. The number of amides is 1. The molecule has 156 valence electrons. The fraction of sp³-hybridized carbons (Fsp3) is 0.545. The third kappa shape index (κ3) is 4.33. The highest BCUT2D eigenvalue weighted by Gasteiger charge is 2.37. The lowest BCUT2D eigenvalue weighted by atomic mass is 9.79. The molecule has 0 spiro atoms. The van der Waals surface area contributed by atoms with Gasteiger partial charge in [-0.05, 0) is 44.2 Å². The Morgan fingerprint density at radius 2 is 1.93 bits per heavy atom. The zero-order chi connectivity index (χ0) is 21.0. The standard InChI is InChI=1S/C22H30N4O3/c1-4-22(5-2,21(28)29)14-19(27)23-17-13-16(11-10-15(17)3)20-25-24-18-9-7-6-8-12-26(18)20/h10-11,13H,4-9,12,14H2,1-3H3,(H,23,27)(H,28,29). The Kier molecular flexibility index (Phi) is 6.35. The molecule has 2 aromatic rings. The number of benzene rings is 1. The molecule has 0 radical (unpaired) electrons. The Morgan fingerprint density at radius 3 is 2.62 bits per heavy atom. The first-order valence-electron chi connectivity index (χ1n) is 10.5. The quantitative estimate of drug-likeness (QED) is 0.728. The molecule has 0 atom stereocenters. The highest BCUT2D eigenvalue weighted by molar-refractivity contribution is 5.95. The van der Waals surface area contributed by atoms with Gasteiger partial charge in [0.05, 0.1) is 5.41 Å². The van der Waals surface area contributed by atoms with Crippen LogP contribution in [0.2, 0.25) is 0 Å². The van der Waals surface area contributed by atoms with Crippen LogP contribution in [0.4, 0.5) is 5.69 Å². The molecule has 1 amide bonds. The van der Waals surface area contributed by atoms with Gasteiger partial charge in [-0.2, -0.15) is 0 Å². The lowest BCUT2D eigenvalue weighted by molar-refractivity contribution is -0.151. The van der Waals surface area contributed by atoms with Crippen LogP contribution in [0, 0.1) is 12.3 Å². The van der Waals surface area contributed by atoms with Crippen LogP contribution >= 0.6 is 0 Å². The second-order valence-corrected chi connectivity index (χ2v) is 7.95. The minimum atomic E-state index is -1.03. The molecular weight excluding hydrogens is 368 g/mol. The number of hydrogen-bond acceptors (Lipinski definition) is 4. The van der Waals surface area contributed by atoms with Gasteiger partial charge in [0.2, 0.25) is 5.91 Å². The number of hydrogen-bond donors (Lipinski definition) is 2. The SMILES string of the molecule is CCC(CC)(CC(=O)Nc1cc(-c2nnc3n2CCCCC3)ccc1C)C(=O)O. The number of anilines is 1. The third-order valence-electron chi connectivity index (χ3n) is 6.19. The van der Waals surface area contributed by atoms with Gasteiger partial charge in [-0.25, -0.2) is 0 Å². The summed E-state index contributed by atoms with van der Waals surface area (Å²) < 4.78 is 2.17. The molecular formula is C22H30N4O3. The van der Waals surface area contributed by atoms with Crippen LogP contribution in [-0.2, 0) is 22.6 Å². The molecule has 1 aliphatic heterocycles. The van der Waals surface area contributed by atoms with Crippen molar-refractivity contribution in [1.82, 2.24) is 14.8 Å². The van der Waals surface area contributed by atoms with Crippen LogP contribution in [0.3, 0.4) is 0 Å². The van der Waals surface area contributed by atoms with E-state index in [0.717, 1.165) is 48.6 Å². The van der Waals surface area contributed by atoms with Gasteiger partial charge in [0.1, 0.15) is 5.82 Å². The molecule has 1 aliphatic rings. The van der Waals surface area contributed by atoms with Crippen molar-refractivity contribution in [2.45, 2.75) is 72.3 Å². The number of carboxylic acid groups (broad SMARTS) is 1. The van der Waals surface area contributed by atoms with Crippen molar-refractivity contribution in [1.29, 1.82) is 0 Å². The van der Waals surface area contributed by atoms with Gasteiger partial charge in [-0.1, -0.05) is 32.4 Å². The zero-order valence-electron chi connectivity index (χ0n) is 17.5. The van der Waals surface area contributed by atoms with Gasteiger partial charge >= 0.3 is 5.97 Å². The number of carboxylic acids is 1. The van der Waals surface area contributed by atoms with Gasteiger partial charge < -0.3 is 15.0 Å². The number of aliphatic carboxylic acids is 1. The van der Waals surface area contributed by atoms with E-state index in [-0.39, 0.29) is 12.3 Å². The maximum atomic E-state index is 12.7. The number of aryl methyl sites for hydroxylation is 2. The lowest BCUT2D eigenvalue weighted by Crippen LogP contribution is -2.34. The number of nitrogens with zero attached hydrogens (tertiary/aromatic N) is 3. The summed E-state index contributed by atoms with van der Waals surface area (Å²) in [6, 6.07) is 5.86. The molecule has 0 fully saturated rings. The largest absolute Gasteiger partial charge is 0.481 e. The van der Waals surface area contributed by atoms with Crippen LogP contribution in [0.15, 0.2) is 18.2 Å². The minimum absolute atomic E-state index is 0.0423. The summed E-state index contributed by atoms with van der Waals surface area (Å²) in [6.45, 7) is 6.46. The summed E-state index contributed by atoms with van der Waals surface area (Å²) in [4.78, 5) is 24.4. The number of rotatable bonds is 7. The Bertz CT molecular complexity index is 899. The Balaban J connectivity index is 1.84. The topological polar surface area (TPSA) is 97.1 Å². The van der Waals surface area contributed by atoms with Crippen molar-refractivity contribution in [2.24, 2.45) is 5.41 Å². The summed E-state index contributed by atoms with van der Waals surface area (Å²) in [5.74, 6) is 0.630. The average Bonchev–Trinajstić information content (AvgIpc) is 2.95. The first kappa shape index (κ1) is 21.0. The number of aromatic nitrogens is 3. The zero-order valence-corrected chi connectivity index (χ0v) is 17.5. The van der Waals surface area contributed by atoms with Crippen molar-refractivity contribution >= 4 is 17.6 Å². The Labute approximate surface area is 171 Å². The second-order valence-electron chi connectivity index (χ2n) is 7.95. The number of nitrogens with one attached hydrogen (secondary N) is 1. The van der Waals surface area contributed by atoms with E-state index in [0.29, 0.717) is 18.5 Å². The first-order chi connectivity index (χ1) is 13.9. The predicted octanol–water partition coefficient (Wildman–Crippen LogP) is 4.20. The smallest absolute Gasteiger partial charge is 0.310 e. The predicted molar refractivity (Wildman–Crippen MR) is 112 cm³/mol. The van der Waals surface area contributed by atoms with Crippen LogP contribution in [0.5, 0.6) is 0 Å². The summed E-state index contributed by atoms with van der Waals surface area (Å²) in [5, 5.41) is 21.3. The van der Waals surface area contributed by atoms with Gasteiger partial charge in [0.25, 0.3) is 0 Å². The number of carbonyl (C=O) groups is 2. The lowest BCUT2D eigenvalue weighted by Gasteiger charge is -2.26. The van der Waals surface area contributed by atoms with Gasteiger partial charge in [-0.15, -0.1) is 10.2 Å². The van der Waals surface area contributed by atoms with E-state index in [1.165, 1.54) is 6.42 Å². The molecule has 3 rings (SSSR count). The Morgan fingerprint density at radius 1 is 1.17 bits per heavy atom. The van der Waals surface area contributed by atoms with E-state index in [2.05, 4.69) is 20.1 Å². The molecule has 0 bridgehead atoms. The molecule has 7 nitrogen and oxygen atoms in total. The maximum Gasteiger partial charge on any atom is 0.310 e. The molecule has 2 heterocycles. The van der Waals surface area contributed by atoms with Crippen molar-refractivity contribution in [2.75, 3.05) is 5.32 Å². The molecule has 0 saturated carbocycles. The van der Waals surface area contributed by atoms with E-state index >= 15 is 0 Å². The average molecular weight is 399 g/mol. The summed E-state index contributed by atoms with van der Waals surface area (Å²) in [6.07, 6.45) is 5.16. The van der Waals surface area contributed by atoms with Crippen LogP contribution in [0.1, 0.15) is 63.8 Å². The van der Waals surface area contributed by atoms with E-state index in [1.807, 2.05) is 39.0 Å². The van der Waals surface area contributed by atoms with E-state index in [9.17, 15) is 14.7 Å². The molecule has 0 unspecified atom stereocenters. The van der Waals surface area contributed by atoms with Crippen LogP contribution in [-0.4, -0.2) is 31.7 Å². The van der Waals surface area contributed by atoms with Crippen molar-refractivity contribution in [3.8, 4) is 11.4 Å². The number of fused-ring (bicyclic) bond motifs is 1. The second kappa shape index (κ2) is 8.76. The fourth-order valence-corrected chi connectivity index (χ4v) is 3.97. The monoisotopic (exact) mass is 398 g/mol. The number of carbonyl (C=O) groups excluding carboxylic acids is 1. The van der Waals surface area contributed by atoms with Crippen LogP contribution in [0.25, 0.3) is 11.4 Å². The van der Waals surface area contributed by atoms with Gasteiger partial charge in [0.15, 0.2) is 5.82 Å². The molecule has 29 heavy (non-hydrogen) atoms. The summed E-state index contributed by atoms with van der Waals surface area (Å²) in [7, 11) is 0. The van der Waals surface area contributed by atoms with E-state index < -0.39 is 11.4 Å². The maximum absolute atomic E-state index is 12.7.